The van der Waals surface area contributed by atoms with Crippen molar-refractivity contribution in [1.29, 1.82) is 5.53 Å². The number of nitrogens with zero attached hydrogens (tertiary/aromatic N) is 3. The van der Waals surface area contributed by atoms with Crippen molar-refractivity contribution in [3.8, 4) is 11.1 Å². The lowest BCUT2D eigenvalue weighted by Gasteiger charge is -2.23. The number of aliphatic hydroxyl groups excluding tert-OH is 1. The molecular weight excluding hydrogens is 454 g/mol. The van der Waals surface area contributed by atoms with E-state index in [-0.39, 0.29) is 18.4 Å². The monoisotopic (exact) mass is 489 g/mol. The summed E-state index contributed by atoms with van der Waals surface area (Å²) in [5, 5.41) is 16.3. The molecule has 8 nitrogen and oxygen atoms in total. The van der Waals surface area contributed by atoms with Crippen molar-refractivity contribution in [2.75, 3.05) is 38.1 Å². The highest BCUT2D eigenvalue weighted by Gasteiger charge is 2.25. The average molecular weight is 490 g/mol. The summed E-state index contributed by atoms with van der Waals surface area (Å²) < 4.78 is 0. The van der Waals surface area contributed by atoms with E-state index in [1.807, 2.05) is 60.4 Å². The highest BCUT2D eigenvalue weighted by molar-refractivity contribution is 5.99. The number of aliphatic hydroxyl groups is 1. The quantitative estimate of drug-likeness (QED) is 0.441. The van der Waals surface area contributed by atoms with Gasteiger partial charge in [0.05, 0.1) is 0 Å². The molecule has 1 fully saturated rings. The Labute approximate surface area is 212 Å². The first-order valence-electron chi connectivity index (χ1n) is 12.8. The van der Waals surface area contributed by atoms with E-state index >= 15 is 0 Å². The van der Waals surface area contributed by atoms with Crippen LogP contribution < -0.4 is 5.32 Å². The maximum atomic E-state index is 13.3. The summed E-state index contributed by atoms with van der Waals surface area (Å²) in [6, 6.07) is 13.7. The molecule has 2 aromatic rings. The summed E-state index contributed by atoms with van der Waals surface area (Å²) in [6.07, 6.45) is 5.16. The standard InChI is InChI=1S/C28H35N5O3/c1-2-12-32(15-5-16-34)28(36)24-17-23-11-10-22(18-25(23)30-26(19-24)31-29)20-6-8-21(9-7-20)27(35)33-13-3-4-14-33/h6-11,17-18,26,29-30,34H,2-5,12-16,19H2,1H3. The Bertz CT molecular complexity index is 1120. The summed E-state index contributed by atoms with van der Waals surface area (Å²) in [6.45, 7) is 4.84. The van der Waals surface area contributed by atoms with Gasteiger partial charge in [-0.1, -0.05) is 31.2 Å². The van der Waals surface area contributed by atoms with Crippen LogP contribution in [0.25, 0.3) is 17.2 Å². The van der Waals surface area contributed by atoms with Gasteiger partial charge >= 0.3 is 0 Å². The van der Waals surface area contributed by atoms with Crippen LogP contribution in [0.2, 0.25) is 0 Å². The minimum absolute atomic E-state index is 0.0395. The molecule has 4 rings (SSSR count). The molecule has 2 amide bonds. The molecule has 3 N–H and O–H groups in total. The Morgan fingerprint density at radius 2 is 1.83 bits per heavy atom. The van der Waals surface area contributed by atoms with E-state index in [9.17, 15) is 14.7 Å². The zero-order chi connectivity index (χ0) is 25.5. The van der Waals surface area contributed by atoms with Gasteiger partial charge in [-0.2, -0.15) is 5.11 Å². The van der Waals surface area contributed by atoms with Crippen LogP contribution in [0, 0.1) is 5.53 Å². The number of nitrogens with one attached hydrogen (secondary N) is 2. The molecule has 2 heterocycles. The number of benzene rings is 2. The third kappa shape index (κ3) is 5.82. The van der Waals surface area contributed by atoms with Crippen molar-refractivity contribution in [3.05, 3.63) is 59.2 Å². The molecule has 1 atom stereocenters. The fraction of sp³-hybridized carbons (Fsp3) is 0.429. The van der Waals surface area contributed by atoms with E-state index in [0.29, 0.717) is 37.1 Å². The number of carbonyl (C=O) groups excluding carboxylic acids is 2. The molecule has 2 aromatic carbocycles. The summed E-state index contributed by atoms with van der Waals surface area (Å²) in [4.78, 5) is 29.6. The fourth-order valence-corrected chi connectivity index (χ4v) is 4.86. The minimum atomic E-state index is -0.543. The lowest BCUT2D eigenvalue weighted by Crippen LogP contribution is -2.35. The van der Waals surface area contributed by atoms with Gasteiger partial charge in [-0.15, -0.1) is 0 Å². The smallest absolute Gasteiger partial charge is 0.253 e. The van der Waals surface area contributed by atoms with E-state index in [4.69, 9.17) is 5.53 Å². The van der Waals surface area contributed by atoms with Gasteiger partial charge in [0.15, 0.2) is 0 Å². The molecule has 8 heteroatoms. The van der Waals surface area contributed by atoms with Crippen LogP contribution in [0.5, 0.6) is 0 Å². The largest absolute Gasteiger partial charge is 0.396 e. The molecule has 0 bridgehead atoms. The first-order chi connectivity index (χ1) is 17.5. The maximum absolute atomic E-state index is 13.3. The zero-order valence-electron chi connectivity index (χ0n) is 20.9. The van der Waals surface area contributed by atoms with E-state index < -0.39 is 6.17 Å². The lowest BCUT2D eigenvalue weighted by atomic mass is 10.00. The Morgan fingerprint density at radius 1 is 1.11 bits per heavy atom. The number of hydrogen-bond acceptors (Lipinski definition) is 6. The van der Waals surface area contributed by atoms with Gasteiger partial charge in [0.2, 0.25) is 5.91 Å². The lowest BCUT2D eigenvalue weighted by molar-refractivity contribution is -0.127. The van der Waals surface area contributed by atoms with Crippen molar-refractivity contribution in [3.63, 3.8) is 0 Å². The fourth-order valence-electron chi connectivity index (χ4n) is 4.86. The van der Waals surface area contributed by atoms with Gasteiger partial charge in [0, 0.05) is 56.0 Å². The molecule has 190 valence electrons. The number of rotatable bonds is 9. The highest BCUT2D eigenvalue weighted by Crippen LogP contribution is 2.32. The van der Waals surface area contributed by atoms with E-state index in [2.05, 4.69) is 10.4 Å². The zero-order valence-corrected chi connectivity index (χ0v) is 20.9. The molecule has 2 aliphatic rings. The Morgan fingerprint density at radius 3 is 2.50 bits per heavy atom. The predicted octanol–water partition coefficient (Wildman–Crippen LogP) is 4.77. The Balaban J connectivity index is 1.58. The molecule has 36 heavy (non-hydrogen) atoms. The topological polar surface area (TPSA) is 109 Å². The van der Waals surface area contributed by atoms with E-state index in [1.165, 1.54) is 0 Å². The summed E-state index contributed by atoms with van der Waals surface area (Å²) in [5.74, 6) is 0.0110. The molecule has 1 unspecified atom stereocenters. The minimum Gasteiger partial charge on any atom is -0.396 e. The second-order valence-electron chi connectivity index (χ2n) is 9.41. The highest BCUT2D eigenvalue weighted by atomic mass is 16.3. The van der Waals surface area contributed by atoms with Crippen LogP contribution in [-0.4, -0.2) is 65.7 Å². The van der Waals surface area contributed by atoms with Crippen LogP contribution in [0.1, 0.15) is 54.9 Å². The third-order valence-corrected chi connectivity index (χ3v) is 6.77. The number of amides is 2. The normalized spacial score (nSPS) is 17.0. The molecule has 0 saturated carbocycles. The molecule has 0 aliphatic carbocycles. The number of hydrogen-bond donors (Lipinski definition) is 3. The number of fused-ring (bicyclic) bond motifs is 1. The van der Waals surface area contributed by atoms with Crippen molar-refractivity contribution >= 4 is 23.6 Å². The summed E-state index contributed by atoms with van der Waals surface area (Å²) >= 11 is 0. The summed E-state index contributed by atoms with van der Waals surface area (Å²) in [7, 11) is 0. The van der Waals surface area contributed by atoms with Gasteiger partial charge < -0.3 is 20.2 Å². The molecular formula is C28H35N5O3. The first-order valence-corrected chi connectivity index (χ1v) is 12.8. The van der Waals surface area contributed by atoms with Crippen LogP contribution in [-0.2, 0) is 4.79 Å². The predicted molar refractivity (Wildman–Crippen MR) is 141 cm³/mol. The van der Waals surface area contributed by atoms with Gasteiger partial charge in [-0.25, -0.2) is 5.53 Å². The SMILES string of the molecule is CCCN(CCCO)C(=O)C1=Cc2ccc(-c3ccc(C(=O)N4CCCC4)cc3)cc2NC(N=N)C1. The van der Waals surface area contributed by atoms with Gasteiger partial charge in [-0.3, -0.25) is 9.59 Å². The average Bonchev–Trinajstić information content (AvgIpc) is 3.38. The molecule has 2 aliphatic heterocycles. The summed E-state index contributed by atoms with van der Waals surface area (Å²) in [5.41, 5.74) is 12.6. The number of carbonyl (C=O) groups is 2. The van der Waals surface area contributed by atoms with Crippen LogP contribution in [0.15, 0.2) is 53.2 Å². The number of anilines is 1. The Hall–Kier alpha value is -3.52. The van der Waals surface area contributed by atoms with Gasteiger partial charge in [0.25, 0.3) is 5.91 Å². The van der Waals surface area contributed by atoms with Gasteiger partial charge in [0.1, 0.15) is 6.17 Å². The van der Waals surface area contributed by atoms with Crippen molar-refractivity contribution in [1.82, 2.24) is 9.80 Å². The molecule has 0 spiro atoms. The number of likely N-dealkylation sites (tertiary alicyclic amines) is 1. The van der Waals surface area contributed by atoms with Crippen LogP contribution >= 0.6 is 0 Å². The van der Waals surface area contributed by atoms with Crippen molar-refractivity contribution in [2.24, 2.45) is 5.11 Å². The van der Waals surface area contributed by atoms with Crippen LogP contribution in [0.4, 0.5) is 5.69 Å². The van der Waals surface area contributed by atoms with Crippen molar-refractivity contribution < 1.29 is 14.7 Å². The Kier molecular flexibility index (Phi) is 8.48. The van der Waals surface area contributed by atoms with Crippen molar-refractivity contribution in [2.45, 2.75) is 45.2 Å². The molecule has 0 aromatic heterocycles. The second kappa shape index (κ2) is 11.9. The van der Waals surface area contributed by atoms with Crippen LogP contribution in [0.3, 0.4) is 0 Å². The van der Waals surface area contributed by atoms with Gasteiger partial charge in [-0.05, 0) is 66.6 Å². The van der Waals surface area contributed by atoms with E-state index in [0.717, 1.165) is 54.7 Å². The maximum Gasteiger partial charge on any atom is 0.253 e. The first kappa shape index (κ1) is 25.6. The third-order valence-electron chi connectivity index (χ3n) is 6.77. The molecule has 0 radical (unpaired) electrons. The van der Waals surface area contributed by atoms with E-state index in [1.54, 1.807) is 4.90 Å². The second-order valence-corrected chi connectivity index (χ2v) is 9.41. The molecule has 1 saturated heterocycles.